The van der Waals surface area contributed by atoms with Crippen molar-refractivity contribution in [2.45, 2.75) is 37.7 Å². The lowest BCUT2D eigenvalue weighted by atomic mass is 10.3. The van der Waals surface area contributed by atoms with Crippen molar-refractivity contribution >= 4 is 21.6 Å². The highest BCUT2D eigenvalue weighted by molar-refractivity contribution is 7.89. The van der Waals surface area contributed by atoms with Crippen LogP contribution in [0.15, 0.2) is 23.1 Å². The summed E-state index contributed by atoms with van der Waals surface area (Å²) in [4.78, 5) is 13.5. The molecule has 134 valence electrons. The van der Waals surface area contributed by atoms with Gasteiger partial charge in [-0.3, -0.25) is 4.79 Å². The lowest BCUT2D eigenvalue weighted by Gasteiger charge is -2.18. The first-order chi connectivity index (χ1) is 11.3. The molecule has 0 bridgehead atoms. The van der Waals surface area contributed by atoms with E-state index in [0.29, 0.717) is 18.7 Å². The fraction of sp³-hybridized carbons (Fsp3) is 0.562. The second kappa shape index (κ2) is 7.96. The number of nitrogens with zero attached hydrogens (tertiary/aromatic N) is 1. The van der Waals surface area contributed by atoms with E-state index in [1.54, 1.807) is 17.0 Å². The van der Waals surface area contributed by atoms with E-state index in [2.05, 4.69) is 4.72 Å². The van der Waals surface area contributed by atoms with E-state index in [0.717, 1.165) is 6.42 Å². The number of hydrogen-bond donors (Lipinski definition) is 1. The summed E-state index contributed by atoms with van der Waals surface area (Å²) in [6, 6.07) is 4.75. The van der Waals surface area contributed by atoms with Crippen molar-refractivity contribution in [1.82, 2.24) is 4.72 Å². The second-order valence-corrected chi connectivity index (χ2v) is 7.54. The molecule has 8 heteroatoms. The predicted octanol–water partition coefficient (Wildman–Crippen LogP) is 1.53. The topological polar surface area (TPSA) is 84.9 Å². The van der Waals surface area contributed by atoms with E-state index in [9.17, 15) is 13.2 Å². The minimum atomic E-state index is -3.76. The Morgan fingerprint density at radius 3 is 2.67 bits per heavy atom. The third-order valence-corrected chi connectivity index (χ3v) is 5.15. The molecule has 1 heterocycles. The summed E-state index contributed by atoms with van der Waals surface area (Å²) < 4.78 is 38.1. The second-order valence-electron chi connectivity index (χ2n) is 5.80. The Labute approximate surface area is 143 Å². The number of carbonyl (C=O) groups excluding carboxylic acids is 1. The zero-order valence-corrected chi connectivity index (χ0v) is 15.1. The highest BCUT2D eigenvalue weighted by Gasteiger charge is 2.25. The highest BCUT2D eigenvalue weighted by Crippen LogP contribution is 2.30. The molecule has 1 aliphatic rings. The summed E-state index contributed by atoms with van der Waals surface area (Å²) in [6.45, 7) is 4.81. The van der Waals surface area contributed by atoms with Crippen molar-refractivity contribution in [3.63, 3.8) is 0 Å². The quantitative estimate of drug-likeness (QED) is 0.714. The van der Waals surface area contributed by atoms with Gasteiger partial charge in [0.1, 0.15) is 10.6 Å². The van der Waals surface area contributed by atoms with Crippen molar-refractivity contribution in [3.05, 3.63) is 18.2 Å². The van der Waals surface area contributed by atoms with Gasteiger partial charge in [-0.2, -0.15) is 0 Å². The maximum absolute atomic E-state index is 12.6. The van der Waals surface area contributed by atoms with Gasteiger partial charge >= 0.3 is 0 Å². The van der Waals surface area contributed by atoms with Gasteiger partial charge in [0.25, 0.3) is 0 Å². The molecule has 24 heavy (non-hydrogen) atoms. The monoisotopic (exact) mass is 356 g/mol. The fourth-order valence-corrected chi connectivity index (χ4v) is 3.71. The summed E-state index contributed by atoms with van der Waals surface area (Å²) in [5.74, 6) is 0.240. The lowest BCUT2D eigenvalue weighted by molar-refractivity contribution is -0.117. The molecule has 0 radical (unpaired) electrons. The molecule has 1 saturated heterocycles. The fourth-order valence-electron chi connectivity index (χ4n) is 2.51. The van der Waals surface area contributed by atoms with Crippen LogP contribution in [0.25, 0.3) is 0 Å². The van der Waals surface area contributed by atoms with Gasteiger partial charge < -0.3 is 14.4 Å². The van der Waals surface area contributed by atoms with Crippen LogP contribution in [0.3, 0.4) is 0 Å². The molecule has 0 atom stereocenters. The van der Waals surface area contributed by atoms with Crippen LogP contribution in [0.2, 0.25) is 0 Å². The largest absolute Gasteiger partial charge is 0.495 e. The SMILES string of the molecule is COc1ccc(N2CCCC2=O)cc1S(=O)(=O)NCCOC(C)C. The maximum Gasteiger partial charge on any atom is 0.244 e. The molecule has 1 aromatic carbocycles. The van der Waals surface area contributed by atoms with Crippen molar-refractivity contribution in [3.8, 4) is 5.75 Å². The molecule has 0 spiro atoms. The summed E-state index contributed by atoms with van der Waals surface area (Å²) >= 11 is 0. The average Bonchev–Trinajstić information content (AvgIpc) is 2.97. The number of nitrogens with one attached hydrogen (secondary N) is 1. The van der Waals surface area contributed by atoms with Crippen LogP contribution in [0.5, 0.6) is 5.75 Å². The molecule has 1 aromatic rings. The van der Waals surface area contributed by atoms with Crippen LogP contribution >= 0.6 is 0 Å². The first-order valence-corrected chi connectivity index (χ1v) is 9.43. The minimum Gasteiger partial charge on any atom is -0.495 e. The average molecular weight is 356 g/mol. The molecule has 0 aromatic heterocycles. The van der Waals surface area contributed by atoms with Crippen LogP contribution in [-0.4, -0.2) is 47.2 Å². The van der Waals surface area contributed by atoms with Gasteiger partial charge in [0.05, 0.1) is 19.8 Å². The highest BCUT2D eigenvalue weighted by atomic mass is 32.2. The number of hydrogen-bond acceptors (Lipinski definition) is 5. The Morgan fingerprint density at radius 2 is 2.08 bits per heavy atom. The van der Waals surface area contributed by atoms with E-state index in [1.165, 1.54) is 13.2 Å². The van der Waals surface area contributed by atoms with Gasteiger partial charge in [0, 0.05) is 25.2 Å². The van der Waals surface area contributed by atoms with E-state index in [-0.39, 0.29) is 35.8 Å². The van der Waals surface area contributed by atoms with Gasteiger partial charge in [0.15, 0.2) is 0 Å². The Kier molecular flexibility index (Phi) is 6.20. The number of benzene rings is 1. The van der Waals surface area contributed by atoms with Crippen molar-refractivity contribution in [2.24, 2.45) is 0 Å². The van der Waals surface area contributed by atoms with Crippen molar-refractivity contribution in [1.29, 1.82) is 0 Å². The number of carbonyl (C=O) groups is 1. The molecule has 1 aliphatic heterocycles. The zero-order valence-electron chi connectivity index (χ0n) is 14.2. The molecular formula is C16H24N2O5S. The minimum absolute atomic E-state index is 0.00167. The maximum atomic E-state index is 12.6. The molecule has 1 amide bonds. The Balaban J connectivity index is 2.21. The van der Waals surface area contributed by atoms with E-state index in [1.807, 2.05) is 13.8 Å². The number of ether oxygens (including phenoxy) is 2. The lowest BCUT2D eigenvalue weighted by Crippen LogP contribution is -2.29. The molecule has 1 N–H and O–H groups in total. The van der Waals surface area contributed by atoms with Gasteiger partial charge in [-0.05, 0) is 38.5 Å². The van der Waals surface area contributed by atoms with Gasteiger partial charge in [-0.25, -0.2) is 13.1 Å². The molecule has 1 fully saturated rings. The van der Waals surface area contributed by atoms with Gasteiger partial charge in [-0.1, -0.05) is 0 Å². The van der Waals surface area contributed by atoms with Crippen LogP contribution in [-0.2, 0) is 19.6 Å². The van der Waals surface area contributed by atoms with E-state index >= 15 is 0 Å². The summed E-state index contributed by atoms with van der Waals surface area (Å²) in [7, 11) is -2.35. The van der Waals surface area contributed by atoms with Crippen LogP contribution in [0.1, 0.15) is 26.7 Å². The first-order valence-electron chi connectivity index (χ1n) is 7.95. The number of rotatable bonds is 8. The molecule has 7 nitrogen and oxygen atoms in total. The standard InChI is InChI=1S/C16H24N2O5S/c1-12(2)23-10-8-17-24(20,21)15-11-13(6-7-14(15)22-3)18-9-4-5-16(18)19/h6-7,11-12,17H,4-5,8-10H2,1-3H3. The molecular weight excluding hydrogens is 332 g/mol. The Bertz CT molecular complexity index is 688. The summed E-state index contributed by atoms with van der Waals surface area (Å²) in [6.07, 6.45) is 1.30. The van der Waals surface area contributed by atoms with Crippen LogP contribution in [0, 0.1) is 0 Å². The van der Waals surface area contributed by atoms with E-state index in [4.69, 9.17) is 9.47 Å². The number of methoxy groups -OCH3 is 1. The normalized spacial score (nSPS) is 15.3. The van der Waals surface area contributed by atoms with Gasteiger partial charge in [-0.15, -0.1) is 0 Å². The molecule has 0 saturated carbocycles. The third kappa shape index (κ3) is 4.46. The first kappa shape index (κ1) is 18.7. The van der Waals surface area contributed by atoms with E-state index < -0.39 is 10.0 Å². The molecule has 2 rings (SSSR count). The smallest absolute Gasteiger partial charge is 0.244 e. The van der Waals surface area contributed by atoms with Crippen molar-refractivity contribution < 1.29 is 22.7 Å². The molecule has 0 unspecified atom stereocenters. The van der Waals surface area contributed by atoms with Crippen LogP contribution < -0.4 is 14.4 Å². The van der Waals surface area contributed by atoms with Gasteiger partial charge in [0.2, 0.25) is 15.9 Å². The Hall–Kier alpha value is -1.64. The number of sulfonamides is 1. The zero-order chi connectivity index (χ0) is 17.7. The summed E-state index contributed by atoms with van der Waals surface area (Å²) in [5, 5.41) is 0. The summed E-state index contributed by atoms with van der Waals surface area (Å²) in [5.41, 5.74) is 0.567. The predicted molar refractivity (Wildman–Crippen MR) is 90.9 cm³/mol. The Morgan fingerprint density at radius 1 is 1.33 bits per heavy atom. The number of anilines is 1. The number of amides is 1. The van der Waals surface area contributed by atoms with Crippen molar-refractivity contribution in [2.75, 3.05) is 31.7 Å². The molecule has 0 aliphatic carbocycles. The third-order valence-electron chi connectivity index (χ3n) is 3.67. The van der Waals surface area contributed by atoms with Crippen LogP contribution in [0.4, 0.5) is 5.69 Å².